The summed E-state index contributed by atoms with van der Waals surface area (Å²) in [5, 5.41) is 0.759. The van der Waals surface area contributed by atoms with Crippen LogP contribution in [0, 0.1) is 0 Å². The van der Waals surface area contributed by atoms with Crippen molar-refractivity contribution in [2.24, 2.45) is 0 Å². The summed E-state index contributed by atoms with van der Waals surface area (Å²) in [6.45, 7) is 1.76. The van der Waals surface area contributed by atoms with Crippen LogP contribution in [0.25, 0.3) is 17.0 Å². The Morgan fingerprint density at radius 1 is 1.56 bits per heavy atom. The van der Waals surface area contributed by atoms with Crippen molar-refractivity contribution in [1.29, 1.82) is 0 Å². The van der Waals surface area contributed by atoms with E-state index in [-0.39, 0.29) is 6.61 Å². The summed E-state index contributed by atoms with van der Waals surface area (Å²) in [6.07, 6.45) is 2.75. The van der Waals surface area contributed by atoms with E-state index in [1.165, 1.54) is 0 Å². The first kappa shape index (κ1) is 12.4. The molecule has 0 unspecified atom stereocenters. The van der Waals surface area contributed by atoms with Crippen molar-refractivity contribution in [3.8, 4) is 0 Å². The minimum Gasteiger partial charge on any atom is -0.461 e. The van der Waals surface area contributed by atoms with E-state index >= 15 is 0 Å². The number of fused-ring (bicyclic) bond motifs is 1. The molecule has 1 aromatic heterocycles. The van der Waals surface area contributed by atoms with Gasteiger partial charge in [0.15, 0.2) is 0 Å². The molecule has 0 saturated heterocycles. The number of ether oxygens (including phenoxy) is 1. The number of esters is 1. The highest BCUT2D eigenvalue weighted by Crippen LogP contribution is 2.20. The summed E-state index contributed by atoms with van der Waals surface area (Å²) in [5.41, 5.74) is 1.96. The Bertz CT molecular complexity index is 618. The van der Waals surface area contributed by atoms with Crippen LogP contribution in [0.5, 0.6) is 0 Å². The van der Waals surface area contributed by atoms with E-state index in [9.17, 15) is 9.18 Å². The van der Waals surface area contributed by atoms with Crippen LogP contribution in [0.1, 0.15) is 12.5 Å². The SMILES string of the molecule is [B]c1ccc2[nH]cc(/C=C(\F)C(=O)OCC)c2c1. The van der Waals surface area contributed by atoms with Crippen LogP contribution >= 0.6 is 0 Å². The Morgan fingerprint density at radius 3 is 3.06 bits per heavy atom. The molecule has 0 aliphatic heterocycles. The second-order valence-electron chi connectivity index (χ2n) is 3.76. The minimum absolute atomic E-state index is 0.140. The smallest absolute Gasteiger partial charge is 0.367 e. The second kappa shape index (κ2) is 5.08. The largest absolute Gasteiger partial charge is 0.461 e. The van der Waals surface area contributed by atoms with Crippen molar-refractivity contribution >= 4 is 36.3 Å². The molecule has 0 spiro atoms. The Balaban J connectivity index is 2.39. The van der Waals surface area contributed by atoms with E-state index in [0.29, 0.717) is 11.0 Å². The molecular weight excluding hydrogens is 232 g/mol. The third-order valence-electron chi connectivity index (χ3n) is 2.49. The van der Waals surface area contributed by atoms with Gasteiger partial charge in [0.2, 0.25) is 5.83 Å². The second-order valence-corrected chi connectivity index (χ2v) is 3.76. The van der Waals surface area contributed by atoms with Crippen LogP contribution < -0.4 is 5.46 Å². The number of nitrogens with one attached hydrogen (secondary N) is 1. The molecule has 0 bridgehead atoms. The number of H-pyrrole nitrogens is 1. The van der Waals surface area contributed by atoms with Gasteiger partial charge in [-0.1, -0.05) is 17.6 Å². The van der Waals surface area contributed by atoms with E-state index < -0.39 is 11.8 Å². The van der Waals surface area contributed by atoms with Crippen LogP contribution in [0.15, 0.2) is 30.2 Å². The van der Waals surface area contributed by atoms with Crippen molar-refractivity contribution in [3.05, 3.63) is 35.8 Å². The molecule has 2 rings (SSSR count). The lowest BCUT2D eigenvalue weighted by Crippen LogP contribution is -2.04. The van der Waals surface area contributed by atoms with Crippen molar-refractivity contribution < 1.29 is 13.9 Å². The van der Waals surface area contributed by atoms with Gasteiger partial charge in [-0.15, -0.1) is 0 Å². The molecule has 0 fully saturated rings. The van der Waals surface area contributed by atoms with E-state index in [2.05, 4.69) is 9.72 Å². The molecule has 2 aromatic rings. The van der Waals surface area contributed by atoms with E-state index in [0.717, 1.165) is 17.0 Å². The van der Waals surface area contributed by atoms with Crippen LogP contribution in [0.2, 0.25) is 0 Å². The van der Waals surface area contributed by atoms with Crippen molar-refractivity contribution in [3.63, 3.8) is 0 Å². The predicted molar refractivity (Wildman–Crippen MR) is 69.4 cm³/mol. The first-order valence-corrected chi connectivity index (χ1v) is 5.52. The van der Waals surface area contributed by atoms with Gasteiger partial charge in [-0.2, -0.15) is 4.39 Å². The lowest BCUT2D eigenvalue weighted by atomic mass is 9.94. The number of benzene rings is 1. The molecule has 1 N–H and O–H groups in total. The standard InChI is InChI=1S/C13H11BFNO2/c1-2-18-13(17)11(15)5-8-7-16-12-4-3-9(14)6-10(8)12/h3-7,16H,2H2,1H3/b11-5-. The number of rotatable bonds is 3. The van der Waals surface area contributed by atoms with Gasteiger partial charge in [0.1, 0.15) is 7.85 Å². The van der Waals surface area contributed by atoms with Crippen LogP contribution in [0.3, 0.4) is 0 Å². The fraction of sp³-hybridized carbons (Fsp3) is 0.154. The maximum atomic E-state index is 13.5. The molecule has 90 valence electrons. The number of aromatic amines is 1. The average molecular weight is 243 g/mol. The third kappa shape index (κ3) is 2.45. The average Bonchev–Trinajstić information content (AvgIpc) is 2.72. The fourth-order valence-corrected chi connectivity index (χ4v) is 1.67. The highest BCUT2D eigenvalue weighted by molar-refractivity contribution is 6.33. The molecule has 5 heteroatoms. The minimum atomic E-state index is -0.962. The molecule has 0 amide bonds. The highest BCUT2D eigenvalue weighted by atomic mass is 19.1. The maximum Gasteiger partial charge on any atom is 0.367 e. The predicted octanol–water partition coefficient (Wildman–Crippen LogP) is 1.84. The van der Waals surface area contributed by atoms with Gasteiger partial charge in [-0.05, 0) is 19.1 Å². The van der Waals surface area contributed by atoms with E-state index in [1.807, 2.05) is 0 Å². The first-order valence-electron chi connectivity index (χ1n) is 5.52. The molecule has 1 aromatic carbocycles. The Hall–Kier alpha value is -2.04. The lowest BCUT2D eigenvalue weighted by Gasteiger charge is -1.98. The maximum absolute atomic E-state index is 13.5. The molecule has 3 nitrogen and oxygen atoms in total. The summed E-state index contributed by atoms with van der Waals surface area (Å²) in [5.74, 6) is -1.89. The number of hydrogen-bond donors (Lipinski definition) is 1. The van der Waals surface area contributed by atoms with Crippen molar-refractivity contribution in [2.45, 2.75) is 6.92 Å². The molecule has 18 heavy (non-hydrogen) atoms. The molecule has 0 atom stereocenters. The van der Waals surface area contributed by atoms with Gasteiger partial charge in [0.05, 0.1) is 6.61 Å². The zero-order valence-electron chi connectivity index (χ0n) is 9.87. The number of hydrogen-bond acceptors (Lipinski definition) is 2. The van der Waals surface area contributed by atoms with Gasteiger partial charge in [0.25, 0.3) is 0 Å². The molecule has 2 radical (unpaired) electrons. The summed E-state index contributed by atoms with van der Waals surface area (Å²) in [4.78, 5) is 14.1. The quantitative estimate of drug-likeness (QED) is 0.507. The van der Waals surface area contributed by atoms with Crippen LogP contribution in [0.4, 0.5) is 4.39 Å². The van der Waals surface area contributed by atoms with Crippen molar-refractivity contribution in [2.75, 3.05) is 6.61 Å². The number of halogens is 1. The summed E-state index contributed by atoms with van der Waals surface area (Å²) < 4.78 is 18.1. The zero-order chi connectivity index (χ0) is 13.1. The number of carbonyl (C=O) groups is 1. The summed E-state index contributed by atoms with van der Waals surface area (Å²) in [6, 6.07) is 5.26. The lowest BCUT2D eigenvalue weighted by molar-refractivity contribution is -0.140. The molecule has 0 aliphatic carbocycles. The first-order chi connectivity index (χ1) is 8.61. The molecule has 1 heterocycles. The van der Waals surface area contributed by atoms with Crippen LogP contribution in [-0.2, 0) is 9.53 Å². The highest BCUT2D eigenvalue weighted by Gasteiger charge is 2.11. The van der Waals surface area contributed by atoms with E-state index in [4.69, 9.17) is 7.85 Å². The summed E-state index contributed by atoms with van der Waals surface area (Å²) >= 11 is 0. The van der Waals surface area contributed by atoms with Gasteiger partial charge in [-0.3, -0.25) is 0 Å². The molecular formula is C13H11BFNO2. The number of carbonyl (C=O) groups excluding carboxylic acids is 1. The Kier molecular flexibility index (Phi) is 3.51. The topological polar surface area (TPSA) is 42.1 Å². The van der Waals surface area contributed by atoms with Crippen molar-refractivity contribution in [1.82, 2.24) is 4.98 Å². The zero-order valence-corrected chi connectivity index (χ0v) is 9.87. The Morgan fingerprint density at radius 2 is 2.33 bits per heavy atom. The monoisotopic (exact) mass is 243 g/mol. The van der Waals surface area contributed by atoms with Gasteiger partial charge < -0.3 is 9.72 Å². The van der Waals surface area contributed by atoms with Gasteiger partial charge >= 0.3 is 5.97 Å². The van der Waals surface area contributed by atoms with Crippen LogP contribution in [-0.4, -0.2) is 25.4 Å². The van der Waals surface area contributed by atoms with E-state index in [1.54, 1.807) is 31.3 Å². The molecule has 0 saturated carbocycles. The fourth-order valence-electron chi connectivity index (χ4n) is 1.67. The molecule has 0 aliphatic rings. The normalized spacial score (nSPS) is 11.8. The summed E-state index contributed by atoms with van der Waals surface area (Å²) in [7, 11) is 5.67. The Labute approximate surface area is 105 Å². The van der Waals surface area contributed by atoms with Gasteiger partial charge in [0, 0.05) is 22.7 Å². The third-order valence-corrected chi connectivity index (χ3v) is 2.49. The van der Waals surface area contributed by atoms with Gasteiger partial charge in [-0.25, -0.2) is 4.79 Å². The number of aromatic nitrogens is 1.